The second-order valence-corrected chi connectivity index (χ2v) is 7.19. The number of hydrogen-bond acceptors (Lipinski definition) is 3. The summed E-state index contributed by atoms with van der Waals surface area (Å²) in [5.41, 5.74) is 3.24. The molecule has 1 aliphatic rings. The van der Waals surface area contributed by atoms with Crippen LogP contribution in [0.4, 0.5) is 5.82 Å². The fraction of sp³-hybridized carbons (Fsp3) is 0.0800. The van der Waals surface area contributed by atoms with E-state index in [-0.39, 0.29) is 5.91 Å². The molecule has 0 atom stereocenters. The van der Waals surface area contributed by atoms with Crippen molar-refractivity contribution in [3.8, 4) is 0 Å². The van der Waals surface area contributed by atoms with E-state index in [1.165, 1.54) is 5.39 Å². The third kappa shape index (κ3) is 3.65. The van der Waals surface area contributed by atoms with E-state index in [2.05, 4.69) is 57.8 Å². The van der Waals surface area contributed by atoms with Crippen LogP contribution in [-0.2, 0) is 11.2 Å². The number of nitrogens with zero attached hydrogens (tertiary/aromatic N) is 2. The molecule has 0 aliphatic carbocycles. The number of fused-ring (bicyclic) bond motifs is 2. The number of hydrogen-bond donors (Lipinski definition) is 1. The minimum Gasteiger partial charge on any atom is -0.310 e. The molecule has 5 rings (SSSR count). The van der Waals surface area contributed by atoms with Crippen molar-refractivity contribution < 1.29 is 4.79 Å². The Bertz CT molecular complexity index is 1300. The van der Waals surface area contributed by atoms with Gasteiger partial charge >= 0.3 is 0 Å². The SMILES string of the molecule is O=C(Cc1ccc2ccccc2c1)Nc1cc2cc(C3=CCN=C3)ccc2cn1. The van der Waals surface area contributed by atoms with Crippen LogP contribution in [0, 0.1) is 0 Å². The first-order chi connectivity index (χ1) is 14.2. The number of amides is 1. The van der Waals surface area contributed by atoms with Crippen molar-refractivity contribution in [3.63, 3.8) is 0 Å². The summed E-state index contributed by atoms with van der Waals surface area (Å²) in [5, 5.41) is 7.32. The largest absolute Gasteiger partial charge is 0.310 e. The summed E-state index contributed by atoms with van der Waals surface area (Å²) in [6, 6.07) is 22.4. The highest BCUT2D eigenvalue weighted by Crippen LogP contribution is 2.23. The molecule has 140 valence electrons. The van der Waals surface area contributed by atoms with Gasteiger partial charge in [-0.3, -0.25) is 9.79 Å². The number of rotatable bonds is 4. The molecule has 0 unspecified atom stereocenters. The Morgan fingerprint density at radius 2 is 1.76 bits per heavy atom. The molecular weight excluding hydrogens is 358 g/mol. The van der Waals surface area contributed by atoms with Crippen LogP contribution in [0.3, 0.4) is 0 Å². The summed E-state index contributed by atoms with van der Waals surface area (Å²) in [6.07, 6.45) is 6.11. The molecule has 0 fully saturated rings. The van der Waals surface area contributed by atoms with Gasteiger partial charge in [-0.05, 0) is 45.0 Å². The third-order valence-electron chi connectivity index (χ3n) is 5.15. The maximum atomic E-state index is 12.6. The summed E-state index contributed by atoms with van der Waals surface area (Å²) < 4.78 is 0. The van der Waals surface area contributed by atoms with Crippen molar-refractivity contribution in [2.45, 2.75) is 6.42 Å². The second kappa shape index (κ2) is 7.32. The van der Waals surface area contributed by atoms with Crippen molar-refractivity contribution in [1.82, 2.24) is 4.98 Å². The first kappa shape index (κ1) is 17.3. The topological polar surface area (TPSA) is 54.4 Å². The molecule has 0 bridgehead atoms. The maximum absolute atomic E-state index is 12.6. The molecule has 4 nitrogen and oxygen atoms in total. The maximum Gasteiger partial charge on any atom is 0.229 e. The number of allylic oxidation sites excluding steroid dienone is 1. The highest BCUT2D eigenvalue weighted by atomic mass is 16.1. The molecule has 1 amide bonds. The summed E-state index contributed by atoms with van der Waals surface area (Å²) in [7, 11) is 0. The van der Waals surface area contributed by atoms with Crippen molar-refractivity contribution in [1.29, 1.82) is 0 Å². The minimum atomic E-state index is -0.0751. The van der Waals surface area contributed by atoms with Gasteiger partial charge in [-0.15, -0.1) is 0 Å². The zero-order valence-electron chi connectivity index (χ0n) is 15.8. The standard InChI is InChI=1S/C25H19N3O/c29-25(12-17-5-6-18-3-1-2-4-19(18)11-17)28-24-14-23-13-20(22-9-10-26-15-22)7-8-21(23)16-27-24/h1-9,11,13-16H,10,12H2,(H,27,28,29). The van der Waals surface area contributed by atoms with Crippen LogP contribution < -0.4 is 5.32 Å². The van der Waals surface area contributed by atoms with E-state index in [9.17, 15) is 4.79 Å². The number of carbonyl (C=O) groups excluding carboxylic acids is 1. The van der Waals surface area contributed by atoms with Gasteiger partial charge in [0.2, 0.25) is 5.91 Å². The predicted molar refractivity (Wildman–Crippen MR) is 119 cm³/mol. The van der Waals surface area contributed by atoms with E-state index in [0.29, 0.717) is 12.2 Å². The van der Waals surface area contributed by atoms with Crippen molar-refractivity contribution in [2.24, 2.45) is 4.99 Å². The van der Waals surface area contributed by atoms with Gasteiger partial charge in [0.25, 0.3) is 0 Å². The Hall–Kier alpha value is -3.79. The Labute approximate surface area is 168 Å². The molecule has 1 N–H and O–H groups in total. The first-order valence-electron chi connectivity index (χ1n) is 9.62. The fourth-order valence-electron chi connectivity index (χ4n) is 3.66. The van der Waals surface area contributed by atoms with Gasteiger partial charge in [-0.25, -0.2) is 4.98 Å². The monoisotopic (exact) mass is 377 g/mol. The molecule has 2 heterocycles. The summed E-state index contributed by atoms with van der Waals surface area (Å²) in [5.74, 6) is 0.489. The number of aromatic nitrogens is 1. The lowest BCUT2D eigenvalue weighted by atomic mass is 10.0. The van der Waals surface area contributed by atoms with Gasteiger partial charge in [0, 0.05) is 17.8 Å². The smallest absolute Gasteiger partial charge is 0.229 e. The summed E-state index contributed by atoms with van der Waals surface area (Å²) in [6.45, 7) is 0.736. The van der Waals surface area contributed by atoms with Gasteiger partial charge in [0.05, 0.1) is 13.0 Å². The third-order valence-corrected chi connectivity index (χ3v) is 5.15. The molecule has 4 heteroatoms. The number of aliphatic imine (C=N–C) groups is 1. The van der Waals surface area contributed by atoms with Crippen LogP contribution >= 0.6 is 0 Å². The van der Waals surface area contributed by atoms with Crippen LogP contribution in [0.2, 0.25) is 0 Å². The van der Waals surface area contributed by atoms with Crippen molar-refractivity contribution >= 4 is 45.1 Å². The molecule has 0 saturated heterocycles. The lowest BCUT2D eigenvalue weighted by Gasteiger charge is -2.08. The Morgan fingerprint density at radius 3 is 2.62 bits per heavy atom. The van der Waals surface area contributed by atoms with E-state index < -0.39 is 0 Å². The first-order valence-corrected chi connectivity index (χ1v) is 9.62. The molecule has 0 spiro atoms. The average Bonchev–Trinajstić information content (AvgIpc) is 3.28. The number of pyridine rings is 1. The zero-order chi connectivity index (χ0) is 19.6. The van der Waals surface area contributed by atoms with E-state index in [4.69, 9.17) is 0 Å². The minimum absolute atomic E-state index is 0.0751. The van der Waals surface area contributed by atoms with Crippen molar-refractivity contribution in [3.05, 3.63) is 90.1 Å². The van der Waals surface area contributed by atoms with E-state index in [1.807, 2.05) is 36.5 Å². The van der Waals surface area contributed by atoms with Gasteiger partial charge in [0.15, 0.2) is 0 Å². The molecule has 0 saturated carbocycles. The molecular formula is C25H19N3O. The Morgan fingerprint density at radius 1 is 0.897 bits per heavy atom. The molecule has 4 aromatic rings. The molecule has 1 aliphatic heterocycles. The number of carbonyl (C=O) groups is 1. The molecule has 3 aromatic carbocycles. The van der Waals surface area contributed by atoms with Gasteiger partial charge < -0.3 is 5.32 Å². The van der Waals surface area contributed by atoms with Crippen LogP contribution in [0.25, 0.3) is 27.1 Å². The van der Waals surface area contributed by atoms with Crippen LogP contribution in [-0.4, -0.2) is 23.7 Å². The van der Waals surface area contributed by atoms with Gasteiger partial charge in [0.1, 0.15) is 5.82 Å². The van der Waals surface area contributed by atoms with E-state index >= 15 is 0 Å². The number of benzene rings is 3. The van der Waals surface area contributed by atoms with Crippen LogP contribution in [0.15, 0.2) is 84.0 Å². The average molecular weight is 377 g/mol. The Kier molecular flexibility index (Phi) is 4.37. The lowest BCUT2D eigenvalue weighted by molar-refractivity contribution is -0.115. The van der Waals surface area contributed by atoms with Crippen LogP contribution in [0.5, 0.6) is 0 Å². The predicted octanol–water partition coefficient (Wildman–Crippen LogP) is 5.04. The molecule has 0 radical (unpaired) electrons. The normalized spacial score (nSPS) is 13.0. The van der Waals surface area contributed by atoms with Gasteiger partial charge in [-0.2, -0.15) is 0 Å². The lowest BCUT2D eigenvalue weighted by Crippen LogP contribution is -2.15. The molecule has 1 aromatic heterocycles. The number of anilines is 1. The fourth-order valence-corrected chi connectivity index (χ4v) is 3.66. The van der Waals surface area contributed by atoms with Gasteiger partial charge in [-0.1, -0.05) is 60.7 Å². The van der Waals surface area contributed by atoms with Crippen molar-refractivity contribution in [2.75, 3.05) is 11.9 Å². The highest BCUT2D eigenvalue weighted by Gasteiger charge is 2.08. The zero-order valence-corrected chi connectivity index (χ0v) is 15.8. The second-order valence-electron chi connectivity index (χ2n) is 7.19. The number of nitrogens with one attached hydrogen (secondary N) is 1. The van der Waals surface area contributed by atoms with E-state index in [1.54, 1.807) is 6.20 Å². The summed E-state index contributed by atoms with van der Waals surface area (Å²) in [4.78, 5) is 21.2. The Balaban J connectivity index is 1.35. The van der Waals surface area contributed by atoms with Crippen LogP contribution in [0.1, 0.15) is 11.1 Å². The highest BCUT2D eigenvalue weighted by molar-refractivity contribution is 6.12. The van der Waals surface area contributed by atoms with E-state index in [0.717, 1.165) is 39.4 Å². The summed E-state index contributed by atoms with van der Waals surface area (Å²) >= 11 is 0. The quantitative estimate of drug-likeness (QED) is 0.542. The molecule has 29 heavy (non-hydrogen) atoms.